The fourth-order valence-electron chi connectivity index (χ4n) is 2.79. The van der Waals surface area contributed by atoms with Gasteiger partial charge in [-0.3, -0.25) is 19.7 Å². The molecule has 1 amide bonds. The van der Waals surface area contributed by atoms with E-state index in [1.165, 1.54) is 12.1 Å². The Morgan fingerprint density at radius 2 is 2.11 bits per heavy atom. The normalized spacial score (nSPS) is 17.1. The highest BCUT2D eigenvalue weighted by atomic mass is 79.9. The second-order valence-corrected chi connectivity index (χ2v) is 14.4. The molecule has 1 aromatic carbocycles. The van der Waals surface area contributed by atoms with Gasteiger partial charge in [0.25, 0.3) is 5.69 Å². The second-order valence-electron chi connectivity index (χ2n) is 7.93. The highest BCUT2D eigenvalue weighted by Gasteiger charge is 2.32. The number of halogens is 1. The van der Waals surface area contributed by atoms with Crippen LogP contribution in [0.25, 0.3) is 0 Å². The van der Waals surface area contributed by atoms with Crippen LogP contribution in [0.4, 0.5) is 5.69 Å². The number of ether oxygens (including phenoxy) is 2. The highest BCUT2D eigenvalue weighted by Crippen LogP contribution is 2.33. The zero-order valence-electron chi connectivity index (χ0n) is 16.3. The maximum absolute atomic E-state index is 12.1. The number of nitrogens with zero attached hydrogens (tertiary/aromatic N) is 2. The lowest BCUT2D eigenvalue weighted by atomic mass is 10.2. The minimum Gasteiger partial charge on any atom is -0.490 e. The van der Waals surface area contributed by atoms with E-state index in [1.807, 2.05) is 0 Å². The first-order valence-corrected chi connectivity index (χ1v) is 13.6. The summed E-state index contributed by atoms with van der Waals surface area (Å²) in [6, 6.07) is 3.45. The van der Waals surface area contributed by atoms with Crippen LogP contribution in [0.1, 0.15) is 23.2 Å². The van der Waals surface area contributed by atoms with E-state index in [1.54, 1.807) is 4.90 Å². The fourth-order valence-corrected chi connectivity index (χ4v) is 4.02. The SMILES string of the molecule is C[Si](C)(C)CCOCN1C(=O)CC[C@@H]1COc1cc([N+](=O)[O-])c(C=O)cc1Br. The van der Waals surface area contributed by atoms with E-state index in [4.69, 9.17) is 9.47 Å². The van der Waals surface area contributed by atoms with Crippen molar-refractivity contribution in [3.8, 4) is 5.75 Å². The van der Waals surface area contributed by atoms with Crippen molar-refractivity contribution in [2.24, 2.45) is 0 Å². The molecule has 0 unspecified atom stereocenters. The molecular formula is C18H25BrN2O6Si. The zero-order valence-corrected chi connectivity index (χ0v) is 18.9. The number of aldehydes is 1. The minimum absolute atomic E-state index is 0.0166. The summed E-state index contributed by atoms with van der Waals surface area (Å²) in [7, 11) is -1.19. The third-order valence-electron chi connectivity index (χ3n) is 4.52. The second kappa shape index (κ2) is 9.62. The van der Waals surface area contributed by atoms with Crippen molar-refractivity contribution in [3.05, 3.63) is 32.3 Å². The van der Waals surface area contributed by atoms with Crippen molar-refractivity contribution >= 4 is 41.9 Å². The van der Waals surface area contributed by atoms with E-state index >= 15 is 0 Å². The topological polar surface area (TPSA) is 99.0 Å². The Labute approximate surface area is 173 Å². The van der Waals surface area contributed by atoms with Gasteiger partial charge in [-0.1, -0.05) is 19.6 Å². The smallest absolute Gasteiger partial charge is 0.283 e. The molecule has 0 bridgehead atoms. The number of benzene rings is 1. The van der Waals surface area contributed by atoms with Gasteiger partial charge in [-0.15, -0.1) is 0 Å². The average Bonchev–Trinajstić information content (AvgIpc) is 2.96. The number of rotatable bonds is 10. The summed E-state index contributed by atoms with van der Waals surface area (Å²) >= 11 is 3.27. The molecular weight excluding hydrogens is 448 g/mol. The molecule has 0 aliphatic carbocycles. The first kappa shape index (κ1) is 22.5. The summed E-state index contributed by atoms with van der Waals surface area (Å²) in [6.07, 6.45) is 1.50. The van der Waals surface area contributed by atoms with Crippen LogP contribution < -0.4 is 4.74 Å². The molecule has 0 saturated carbocycles. The lowest BCUT2D eigenvalue weighted by Gasteiger charge is -2.25. The summed E-state index contributed by atoms with van der Waals surface area (Å²) in [5.41, 5.74) is -0.347. The van der Waals surface area contributed by atoms with Crippen LogP contribution in [0, 0.1) is 10.1 Å². The molecule has 0 N–H and O–H groups in total. The largest absolute Gasteiger partial charge is 0.490 e. The molecule has 0 spiro atoms. The maximum atomic E-state index is 12.1. The molecule has 0 aromatic heterocycles. The molecule has 0 radical (unpaired) electrons. The van der Waals surface area contributed by atoms with Crippen molar-refractivity contribution in [1.82, 2.24) is 4.90 Å². The van der Waals surface area contributed by atoms with E-state index in [9.17, 15) is 19.7 Å². The standard InChI is InChI=1S/C18H25BrN2O6Si/c1-28(2,3)7-6-26-12-20-14(4-5-18(20)23)11-27-17-9-16(21(24)25)13(10-22)8-15(17)19/h8-10,14H,4-7,11-12H2,1-3H3/t14-/m1/s1. The number of nitro groups is 1. The number of hydrogen-bond donors (Lipinski definition) is 0. The summed E-state index contributed by atoms with van der Waals surface area (Å²) in [6.45, 7) is 7.84. The molecule has 1 atom stereocenters. The summed E-state index contributed by atoms with van der Waals surface area (Å²) in [5.74, 6) is 0.277. The van der Waals surface area contributed by atoms with Gasteiger partial charge in [0.15, 0.2) is 6.29 Å². The zero-order chi connectivity index (χ0) is 20.9. The van der Waals surface area contributed by atoms with Gasteiger partial charge in [0, 0.05) is 21.1 Å². The van der Waals surface area contributed by atoms with E-state index in [2.05, 4.69) is 35.6 Å². The summed E-state index contributed by atoms with van der Waals surface area (Å²) in [5, 5.41) is 11.1. The van der Waals surface area contributed by atoms with Gasteiger partial charge in [-0.05, 0) is 34.5 Å². The Bertz CT molecular complexity index is 752. The number of carbonyl (C=O) groups excluding carboxylic acids is 2. The van der Waals surface area contributed by atoms with Crippen molar-refractivity contribution in [2.45, 2.75) is 44.6 Å². The molecule has 154 valence electrons. The van der Waals surface area contributed by atoms with Gasteiger partial charge in [0.1, 0.15) is 19.1 Å². The van der Waals surface area contributed by atoms with E-state index < -0.39 is 13.0 Å². The third kappa shape index (κ3) is 6.11. The Balaban J connectivity index is 1.98. The van der Waals surface area contributed by atoms with Gasteiger partial charge >= 0.3 is 0 Å². The minimum atomic E-state index is -1.19. The van der Waals surface area contributed by atoms with Crippen LogP contribution in [0.5, 0.6) is 5.75 Å². The fraction of sp³-hybridized carbons (Fsp3) is 0.556. The van der Waals surface area contributed by atoms with Gasteiger partial charge < -0.3 is 14.4 Å². The van der Waals surface area contributed by atoms with Crippen LogP contribution >= 0.6 is 15.9 Å². The van der Waals surface area contributed by atoms with E-state index in [0.29, 0.717) is 30.2 Å². The molecule has 1 saturated heterocycles. The monoisotopic (exact) mass is 472 g/mol. The molecule has 10 heteroatoms. The van der Waals surface area contributed by atoms with Gasteiger partial charge in [-0.2, -0.15) is 0 Å². The average molecular weight is 473 g/mol. The molecule has 1 heterocycles. The van der Waals surface area contributed by atoms with Crippen molar-refractivity contribution in [3.63, 3.8) is 0 Å². The van der Waals surface area contributed by atoms with E-state index in [0.717, 1.165) is 6.04 Å². The van der Waals surface area contributed by atoms with Gasteiger partial charge in [0.2, 0.25) is 5.91 Å². The quantitative estimate of drug-likeness (QED) is 0.168. The first-order chi connectivity index (χ1) is 13.1. The number of amides is 1. The van der Waals surface area contributed by atoms with Crippen LogP contribution in [0.2, 0.25) is 25.7 Å². The molecule has 28 heavy (non-hydrogen) atoms. The lowest BCUT2D eigenvalue weighted by Crippen LogP contribution is -2.39. The number of carbonyl (C=O) groups is 2. The Kier molecular flexibility index (Phi) is 7.73. The first-order valence-electron chi connectivity index (χ1n) is 9.05. The molecule has 8 nitrogen and oxygen atoms in total. The van der Waals surface area contributed by atoms with Crippen LogP contribution in [0.15, 0.2) is 16.6 Å². The van der Waals surface area contributed by atoms with Gasteiger partial charge in [0.05, 0.1) is 27.1 Å². The third-order valence-corrected chi connectivity index (χ3v) is 6.84. The Morgan fingerprint density at radius 3 is 2.71 bits per heavy atom. The molecule has 1 aliphatic rings. The molecule has 1 aromatic rings. The number of nitro benzene ring substituents is 1. The Morgan fingerprint density at radius 1 is 1.39 bits per heavy atom. The highest BCUT2D eigenvalue weighted by molar-refractivity contribution is 9.10. The summed E-state index contributed by atoms with van der Waals surface area (Å²) in [4.78, 5) is 35.3. The van der Waals surface area contributed by atoms with Crippen LogP contribution in [-0.2, 0) is 9.53 Å². The Hall–Kier alpha value is -1.78. The predicted octanol–water partition coefficient (Wildman–Crippen LogP) is 3.85. The number of hydrogen-bond acceptors (Lipinski definition) is 6. The predicted molar refractivity (Wildman–Crippen MR) is 111 cm³/mol. The van der Waals surface area contributed by atoms with Gasteiger partial charge in [-0.25, -0.2) is 0 Å². The maximum Gasteiger partial charge on any atom is 0.283 e. The lowest BCUT2D eigenvalue weighted by molar-refractivity contribution is -0.385. The van der Waals surface area contributed by atoms with Crippen LogP contribution in [0.3, 0.4) is 0 Å². The van der Waals surface area contributed by atoms with Crippen molar-refractivity contribution in [2.75, 3.05) is 19.9 Å². The van der Waals surface area contributed by atoms with E-state index in [-0.39, 0.29) is 42.3 Å². The molecule has 1 aliphatic heterocycles. The molecule has 2 rings (SSSR count). The summed E-state index contributed by atoms with van der Waals surface area (Å²) < 4.78 is 11.9. The molecule has 1 fully saturated rings. The van der Waals surface area contributed by atoms with Crippen molar-refractivity contribution < 1.29 is 24.0 Å². The number of likely N-dealkylation sites (tertiary alicyclic amines) is 1. The van der Waals surface area contributed by atoms with Crippen molar-refractivity contribution in [1.29, 1.82) is 0 Å². The van der Waals surface area contributed by atoms with Crippen LogP contribution in [-0.4, -0.2) is 56.1 Å².